The third kappa shape index (κ3) is 8.33. The summed E-state index contributed by atoms with van der Waals surface area (Å²) in [6.45, 7) is 6.70. The molecule has 42 heavy (non-hydrogen) atoms. The van der Waals surface area contributed by atoms with Gasteiger partial charge < -0.3 is 14.7 Å². The zero-order valence-corrected chi connectivity index (χ0v) is 25.9. The summed E-state index contributed by atoms with van der Waals surface area (Å²) in [5, 5.41) is 11.5. The van der Waals surface area contributed by atoms with Crippen LogP contribution in [0.5, 0.6) is 0 Å². The minimum atomic E-state index is -1.32. The van der Waals surface area contributed by atoms with Gasteiger partial charge in [0.2, 0.25) is 0 Å². The van der Waals surface area contributed by atoms with E-state index in [9.17, 15) is 18.7 Å². The van der Waals surface area contributed by atoms with E-state index in [2.05, 4.69) is 17.9 Å². The molecule has 0 aliphatic carbocycles. The predicted molar refractivity (Wildman–Crippen MR) is 167 cm³/mol. The highest BCUT2D eigenvalue weighted by Gasteiger charge is 2.62. The van der Waals surface area contributed by atoms with E-state index in [1.807, 2.05) is 0 Å². The van der Waals surface area contributed by atoms with E-state index < -0.39 is 17.4 Å². The molecule has 2 heterocycles. The van der Waals surface area contributed by atoms with E-state index in [-0.39, 0.29) is 24.0 Å². The van der Waals surface area contributed by atoms with E-state index in [0.717, 1.165) is 48.9 Å². The Bertz CT molecular complexity index is 1100. The summed E-state index contributed by atoms with van der Waals surface area (Å²) in [4.78, 5) is 16.7. The molecule has 0 aromatic heterocycles. The van der Waals surface area contributed by atoms with E-state index >= 15 is 0 Å². The molecule has 0 bridgehead atoms. The van der Waals surface area contributed by atoms with Crippen LogP contribution in [-0.4, -0.2) is 58.5 Å². The fraction of sp³-hybridized carbons (Fsp3) is 0.559. The first-order valence-electron chi connectivity index (χ1n) is 15.4. The number of carbonyl (C=O) groups excluding carboxylic acids is 1. The number of unbranched alkanes of at least 4 members (excludes halogenated alkanes) is 7. The number of benzene rings is 2. The third-order valence-electron chi connectivity index (χ3n) is 8.90. The van der Waals surface area contributed by atoms with Crippen molar-refractivity contribution in [3.63, 3.8) is 0 Å². The fourth-order valence-electron chi connectivity index (χ4n) is 6.22. The Kier molecular flexibility index (Phi) is 12.8. The largest absolute Gasteiger partial charge is 0.437 e. The first-order chi connectivity index (χ1) is 19.8. The van der Waals surface area contributed by atoms with Gasteiger partial charge in [-0.25, -0.2) is 13.6 Å². The molecule has 5 nitrogen and oxygen atoms in total. The molecule has 4 rings (SSSR count). The van der Waals surface area contributed by atoms with Gasteiger partial charge >= 0.3 is 6.09 Å². The molecule has 2 fully saturated rings. The lowest BCUT2D eigenvalue weighted by Gasteiger charge is -2.45. The Morgan fingerprint density at radius 2 is 1.36 bits per heavy atom. The Labute approximate surface area is 256 Å². The van der Waals surface area contributed by atoms with Crippen LogP contribution in [0.4, 0.5) is 13.6 Å². The normalized spacial score (nSPS) is 19.9. The number of halogens is 3. The Hall–Kier alpha value is -2.48. The molecule has 1 atom stereocenters. The van der Waals surface area contributed by atoms with E-state index in [1.165, 1.54) is 56.4 Å². The van der Waals surface area contributed by atoms with Crippen molar-refractivity contribution in [1.29, 1.82) is 0 Å². The molecule has 0 saturated carbocycles. The molecule has 232 valence electrons. The Morgan fingerprint density at radius 3 is 1.88 bits per heavy atom. The van der Waals surface area contributed by atoms with E-state index in [4.69, 9.17) is 4.74 Å². The summed E-state index contributed by atoms with van der Waals surface area (Å²) >= 11 is 0. The molecular weight excluding hydrogens is 558 g/mol. The number of hydrogen-bond acceptors (Lipinski definition) is 4. The lowest BCUT2D eigenvalue weighted by Crippen LogP contribution is -2.60. The van der Waals surface area contributed by atoms with Crippen LogP contribution in [0.3, 0.4) is 0 Å². The number of carbonyl (C=O) groups is 1. The molecule has 2 aromatic carbocycles. The SMILES string of the molecule is CCCCCCCCCCN1C(=O)OC2(CCN(CCC=C(c3ccc(F)cc3)c3ccc(F)cc3)CC2)C1(C)O.Cl. The van der Waals surface area contributed by atoms with Crippen molar-refractivity contribution >= 4 is 24.1 Å². The lowest BCUT2D eigenvalue weighted by molar-refractivity contribution is -0.165. The number of rotatable bonds is 14. The van der Waals surface area contributed by atoms with E-state index in [0.29, 0.717) is 32.5 Å². The van der Waals surface area contributed by atoms with Crippen LogP contribution < -0.4 is 0 Å². The van der Waals surface area contributed by atoms with Gasteiger partial charge in [-0.15, -0.1) is 12.4 Å². The highest BCUT2D eigenvalue weighted by molar-refractivity contribution is 5.85. The van der Waals surface area contributed by atoms with Crippen LogP contribution in [0, 0.1) is 11.6 Å². The standard InChI is InChI=1S/C34H46F2N2O3.ClH/c1-3-4-5-6-7-8-9-10-24-38-32(39)41-34(33(38,2)40)21-25-37(26-22-34)23-11-12-31(27-13-17-29(35)18-14-27)28-15-19-30(36)20-16-28;/h12-20,40H,3-11,21-26H2,1-2H3;1H. The van der Waals surface area contributed by atoms with Crippen molar-refractivity contribution in [1.82, 2.24) is 9.80 Å². The van der Waals surface area contributed by atoms with Crippen LogP contribution in [0.25, 0.3) is 5.57 Å². The van der Waals surface area contributed by atoms with Gasteiger partial charge in [0, 0.05) is 39.0 Å². The smallest absolute Gasteiger partial charge is 0.412 e. The molecular formula is C34H47ClF2N2O3. The quantitative estimate of drug-likeness (QED) is 0.220. The van der Waals surface area contributed by atoms with Crippen LogP contribution in [-0.2, 0) is 4.74 Å². The van der Waals surface area contributed by atoms with Gasteiger partial charge in [0.25, 0.3) is 0 Å². The summed E-state index contributed by atoms with van der Waals surface area (Å²) in [7, 11) is 0. The van der Waals surface area contributed by atoms with Crippen LogP contribution in [0.15, 0.2) is 54.6 Å². The third-order valence-corrected chi connectivity index (χ3v) is 8.90. The molecule has 1 spiro atoms. The van der Waals surface area contributed by atoms with Crippen molar-refractivity contribution in [3.05, 3.63) is 77.4 Å². The number of piperidine rings is 1. The minimum absolute atomic E-state index is 0. The average Bonchev–Trinajstić information content (AvgIpc) is 3.14. The second-order valence-electron chi connectivity index (χ2n) is 11.8. The molecule has 2 aliphatic heterocycles. The second-order valence-corrected chi connectivity index (χ2v) is 11.8. The van der Waals surface area contributed by atoms with Crippen LogP contribution in [0.1, 0.15) is 95.6 Å². The molecule has 1 N–H and O–H groups in total. The van der Waals surface area contributed by atoms with Gasteiger partial charge in [-0.05, 0) is 60.7 Å². The van der Waals surface area contributed by atoms with E-state index in [1.54, 1.807) is 36.1 Å². The molecule has 8 heteroatoms. The van der Waals surface area contributed by atoms with Gasteiger partial charge in [0.15, 0.2) is 11.3 Å². The highest BCUT2D eigenvalue weighted by atomic mass is 35.5. The number of amides is 1. The molecule has 2 aliphatic rings. The maximum atomic E-state index is 13.5. The number of hydrogen-bond donors (Lipinski definition) is 1. The topological polar surface area (TPSA) is 53.0 Å². The molecule has 0 radical (unpaired) electrons. The fourth-order valence-corrected chi connectivity index (χ4v) is 6.22. The first kappa shape index (κ1) is 34.0. The lowest BCUT2D eigenvalue weighted by atomic mass is 9.82. The van der Waals surface area contributed by atoms with Crippen molar-refractivity contribution in [3.8, 4) is 0 Å². The minimum Gasteiger partial charge on any atom is -0.437 e. The monoisotopic (exact) mass is 604 g/mol. The zero-order valence-electron chi connectivity index (χ0n) is 25.1. The summed E-state index contributed by atoms with van der Waals surface area (Å²) in [6.07, 6.45) is 13.0. The van der Waals surface area contributed by atoms with Gasteiger partial charge in [-0.3, -0.25) is 4.90 Å². The number of aliphatic hydroxyl groups is 1. The number of ether oxygens (including phenoxy) is 1. The summed E-state index contributed by atoms with van der Waals surface area (Å²) in [5.74, 6) is -0.594. The number of nitrogens with zero attached hydrogens (tertiary/aromatic N) is 2. The Morgan fingerprint density at radius 1 is 0.857 bits per heavy atom. The molecule has 1 amide bonds. The number of likely N-dealkylation sites (tertiary alicyclic amines) is 1. The van der Waals surface area contributed by atoms with Gasteiger partial charge in [0.05, 0.1) is 0 Å². The van der Waals surface area contributed by atoms with Gasteiger partial charge in [-0.1, -0.05) is 82.2 Å². The summed E-state index contributed by atoms with van der Waals surface area (Å²) in [6, 6.07) is 12.7. The van der Waals surface area contributed by atoms with Gasteiger partial charge in [0.1, 0.15) is 11.6 Å². The predicted octanol–water partition coefficient (Wildman–Crippen LogP) is 8.34. The van der Waals surface area contributed by atoms with Crippen LogP contribution >= 0.6 is 12.4 Å². The zero-order chi connectivity index (χ0) is 29.3. The van der Waals surface area contributed by atoms with Crippen molar-refractivity contribution < 1.29 is 23.4 Å². The van der Waals surface area contributed by atoms with Crippen molar-refractivity contribution in [2.45, 2.75) is 95.8 Å². The summed E-state index contributed by atoms with van der Waals surface area (Å²) in [5.41, 5.74) is 0.476. The first-order valence-corrected chi connectivity index (χ1v) is 15.4. The van der Waals surface area contributed by atoms with Gasteiger partial charge in [-0.2, -0.15) is 0 Å². The highest BCUT2D eigenvalue weighted by Crippen LogP contribution is 2.44. The molecule has 2 saturated heterocycles. The maximum Gasteiger partial charge on any atom is 0.412 e. The van der Waals surface area contributed by atoms with Crippen molar-refractivity contribution in [2.75, 3.05) is 26.2 Å². The maximum absolute atomic E-state index is 13.5. The van der Waals surface area contributed by atoms with Crippen molar-refractivity contribution in [2.24, 2.45) is 0 Å². The Balaban J connectivity index is 0.00000484. The van der Waals surface area contributed by atoms with Crippen LogP contribution in [0.2, 0.25) is 0 Å². The molecule has 1 unspecified atom stereocenters. The second kappa shape index (κ2) is 15.8. The molecule has 2 aromatic rings. The average molecular weight is 605 g/mol. The summed E-state index contributed by atoms with van der Waals surface area (Å²) < 4.78 is 33.0.